The minimum atomic E-state index is -3.76. The Bertz CT molecular complexity index is 1190. The van der Waals surface area contributed by atoms with Gasteiger partial charge < -0.3 is 0 Å². The molecule has 10 nitrogen and oxygen atoms in total. The van der Waals surface area contributed by atoms with Gasteiger partial charge in [0.15, 0.2) is 11.5 Å². The van der Waals surface area contributed by atoms with E-state index in [1.165, 1.54) is 12.3 Å². The molecule has 0 unspecified atom stereocenters. The van der Waals surface area contributed by atoms with E-state index in [0.717, 1.165) is 5.56 Å². The van der Waals surface area contributed by atoms with Crippen molar-refractivity contribution in [3.8, 4) is 11.3 Å². The Balaban J connectivity index is 1.68. The number of hydrogen-bond donors (Lipinski definition) is 1. The van der Waals surface area contributed by atoms with Gasteiger partial charge in [0, 0.05) is 43.1 Å². The molecule has 4 heterocycles. The van der Waals surface area contributed by atoms with E-state index >= 15 is 0 Å². The van der Waals surface area contributed by atoms with Crippen molar-refractivity contribution in [2.45, 2.75) is 11.3 Å². The number of hydrogen-bond acceptors (Lipinski definition) is 7. The van der Waals surface area contributed by atoms with Crippen molar-refractivity contribution in [1.82, 2.24) is 34.3 Å². The first-order chi connectivity index (χ1) is 12.4. The second-order valence-corrected chi connectivity index (χ2v) is 7.24. The summed E-state index contributed by atoms with van der Waals surface area (Å²) in [5, 5.41) is 13.7. The van der Waals surface area contributed by atoms with Gasteiger partial charge in [0.2, 0.25) is 10.0 Å². The highest BCUT2D eigenvalue weighted by atomic mass is 32.2. The molecule has 0 spiro atoms. The molecule has 0 radical (unpaired) electrons. The summed E-state index contributed by atoms with van der Waals surface area (Å²) in [5.74, 6) is 0.541. The monoisotopic (exact) mass is 370 g/mol. The smallest absolute Gasteiger partial charge is 0.239 e. The van der Waals surface area contributed by atoms with E-state index in [1.807, 2.05) is 13.2 Å². The molecular weight excluding hydrogens is 356 g/mol. The molecule has 0 aliphatic heterocycles. The van der Waals surface area contributed by atoms with Crippen molar-refractivity contribution in [1.29, 1.82) is 0 Å². The molecule has 0 bridgehead atoms. The SMILES string of the molecule is Cn1cc(-c2nccn3nc(Cc4ccc(S(N)(=O)=O)cn4)nc23)cn1. The number of nitrogens with two attached hydrogens (primary N) is 1. The van der Waals surface area contributed by atoms with Gasteiger partial charge in [-0.1, -0.05) is 0 Å². The van der Waals surface area contributed by atoms with Crippen LogP contribution in [0.5, 0.6) is 0 Å². The lowest BCUT2D eigenvalue weighted by atomic mass is 10.2. The van der Waals surface area contributed by atoms with Crippen LogP contribution in [0.15, 0.2) is 48.0 Å². The zero-order valence-electron chi connectivity index (χ0n) is 13.7. The molecule has 4 aromatic rings. The average molecular weight is 370 g/mol. The molecule has 2 N–H and O–H groups in total. The summed E-state index contributed by atoms with van der Waals surface area (Å²) in [7, 11) is -1.93. The maximum Gasteiger partial charge on any atom is 0.239 e. The Morgan fingerprint density at radius 2 is 2.04 bits per heavy atom. The molecule has 0 saturated heterocycles. The van der Waals surface area contributed by atoms with E-state index < -0.39 is 10.0 Å². The van der Waals surface area contributed by atoms with E-state index in [1.54, 1.807) is 33.9 Å². The van der Waals surface area contributed by atoms with Crippen LogP contribution in [0.25, 0.3) is 16.9 Å². The number of fused-ring (bicyclic) bond motifs is 1. The van der Waals surface area contributed by atoms with Crippen LogP contribution in [0.2, 0.25) is 0 Å². The molecule has 11 heteroatoms. The summed E-state index contributed by atoms with van der Waals surface area (Å²) in [6.45, 7) is 0. The van der Waals surface area contributed by atoms with Gasteiger partial charge in [0.05, 0.1) is 12.6 Å². The number of primary sulfonamides is 1. The second-order valence-electron chi connectivity index (χ2n) is 5.68. The molecule has 0 fully saturated rings. The van der Waals surface area contributed by atoms with E-state index in [9.17, 15) is 8.42 Å². The Hall–Kier alpha value is -3.18. The highest BCUT2D eigenvalue weighted by Crippen LogP contribution is 2.20. The lowest BCUT2D eigenvalue weighted by Gasteiger charge is -1.99. The second kappa shape index (κ2) is 5.97. The molecule has 26 heavy (non-hydrogen) atoms. The summed E-state index contributed by atoms with van der Waals surface area (Å²) in [6, 6.07) is 3.00. The number of aryl methyl sites for hydroxylation is 1. The highest BCUT2D eigenvalue weighted by molar-refractivity contribution is 7.89. The summed E-state index contributed by atoms with van der Waals surface area (Å²) >= 11 is 0. The molecule has 0 amide bonds. The molecule has 4 aromatic heterocycles. The molecule has 132 valence electrons. The number of aromatic nitrogens is 7. The number of nitrogens with zero attached hydrogens (tertiary/aromatic N) is 7. The van der Waals surface area contributed by atoms with Crippen LogP contribution in [0.4, 0.5) is 0 Å². The van der Waals surface area contributed by atoms with Gasteiger partial charge in [-0.05, 0) is 12.1 Å². The lowest BCUT2D eigenvalue weighted by molar-refractivity contribution is 0.597. The lowest BCUT2D eigenvalue weighted by Crippen LogP contribution is -2.12. The summed E-state index contributed by atoms with van der Waals surface area (Å²) < 4.78 is 25.9. The predicted octanol–water partition coefficient (Wildman–Crippen LogP) is 0.158. The normalized spacial score (nSPS) is 11.9. The van der Waals surface area contributed by atoms with Crippen LogP contribution in [0, 0.1) is 0 Å². The Morgan fingerprint density at radius 1 is 1.19 bits per heavy atom. The van der Waals surface area contributed by atoms with E-state index in [2.05, 4.69) is 25.1 Å². The molecule has 0 aromatic carbocycles. The first kappa shape index (κ1) is 16.3. The van der Waals surface area contributed by atoms with Crippen molar-refractivity contribution in [3.05, 3.63) is 54.6 Å². The zero-order chi connectivity index (χ0) is 18.3. The van der Waals surface area contributed by atoms with Crippen LogP contribution in [0.3, 0.4) is 0 Å². The first-order valence-corrected chi connectivity index (χ1v) is 9.12. The summed E-state index contributed by atoms with van der Waals surface area (Å²) in [6.07, 6.45) is 8.49. The third-order valence-electron chi connectivity index (χ3n) is 3.74. The average Bonchev–Trinajstić information content (AvgIpc) is 3.19. The van der Waals surface area contributed by atoms with Crippen molar-refractivity contribution in [3.63, 3.8) is 0 Å². The first-order valence-electron chi connectivity index (χ1n) is 7.57. The molecule has 0 aliphatic rings. The maximum atomic E-state index is 11.3. The molecule has 0 saturated carbocycles. The van der Waals surface area contributed by atoms with Gasteiger partial charge in [-0.25, -0.2) is 23.1 Å². The predicted molar refractivity (Wildman–Crippen MR) is 91.4 cm³/mol. The molecule has 0 atom stereocenters. The standard InChI is InChI=1S/C15H14N8O2S/c1-22-9-10(7-19-22)14-15-20-13(21-23(15)5-4-17-14)6-11-2-3-12(8-18-11)26(16,24)25/h2-5,7-9H,6H2,1H3,(H2,16,24,25). The van der Waals surface area contributed by atoms with Gasteiger partial charge in [-0.3, -0.25) is 14.6 Å². The minimum absolute atomic E-state index is 0.0349. The van der Waals surface area contributed by atoms with Crippen molar-refractivity contribution >= 4 is 15.7 Å². The fourth-order valence-corrected chi connectivity index (χ4v) is 2.99. The van der Waals surface area contributed by atoms with E-state index in [0.29, 0.717) is 29.3 Å². The van der Waals surface area contributed by atoms with Gasteiger partial charge >= 0.3 is 0 Å². The van der Waals surface area contributed by atoms with Gasteiger partial charge in [-0.2, -0.15) is 10.2 Å². The van der Waals surface area contributed by atoms with Crippen molar-refractivity contribution < 1.29 is 8.42 Å². The molecule has 4 rings (SSSR count). The van der Waals surface area contributed by atoms with Gasteiger partial charge in [0.25, 0.3) is 0 Å². The number of rotatable bonds is 4. The highest BCUT2D eigenvalue weighted by Gasteiger charge is 2.14. The third kappa shape index (κ3) is 3.05. The van der Waals surface area contributed by atoms with E-state index in [-0.39, 0.29) is 4.90 Å². The topological polar surface area (TPSA) is 134 Å². The van der Waals surface area contributed by atoms with Crippen LogP contribution in [0.1, 0.15) is 11.5 Å². The summed E-state index contributed by atoms with van der Waals surface area (Å²) in [5.41, 5.74) is 2.76. The van der Waals surface area contributed by atoms with Gasteiger partial charge in [0.1, 0.15) is 10.6 Å². The zero-order valence-corrected chi connectivity index (χ0v) is 14.5. The molecular formula is C15H14N8O2S. The van der Waals surface area contributed by atoms with Crippen molar-refractivity contribution in [2.24, 2.45) is 12.2 Å². The largest absolute Gasteiger partial charge is 0.275 e. The van der Waals surface area contributed by atoms with Gasteiger partial charge in [-0.15, -0.1) is 0 Å². The van der Waals surface area contributed by atoms with Crippen molar-refractivity contribution in [2.75, 3.05) is 0 Å². The molecule has 0 aliphatic carbocycles. The Morgan fingerprint density at radius 3 is 2.69 bits per heavy atom. The number of pyridine rings is 1. The number of sulfonamides is 1. The van der Waals surface area contributed by atoms with Crippen LogP contribution in [-0.2, 0) is 23.5 Å². The quantitative estimate of drug-likeness (QED) is 0.540. The Kier molecular flexibility index (Phi) is 3.74. The Labute approximate surface area is 148 Å². The van der Waals surface area contributed by atoms with Crippen LogP contribution < -0.4 is 5.14 Å². The maximum absolute atomic E-state index is 11.3. The van der Waals surface area contributed by atoms with E-state index in [4.69, 9.17) is 5.14 Å². The fraction of sp³-hybridized carbons (Fsp3) is 0.133. The third-order valence-corrected chi connectivity index (χ3v) is 4.64. The van der Waals surface area contributed by atoms with Crippen LogP contribution in [-0.4, -0.2) is 42.8 Å². The fourth-order valence-electron chi connectivity index (χ4n) is 2.53. The minimum Gasteiger partial charge on any atom is -0.275 e. The summed E-state index contributed by atoms with van der Waals surface area (Å²) in [4.78, 5) is 13.0. The van der Waals surface area contributed by atoms with Crippen LogP contribution >= 0.6 is 0 Å².